The summed E-state index contributed by atoms with van der Waals surface area (Å²) in [6, 6.07) is 6.51. The first-order valence-electron chi connectivity index (χ1n) is 5.71. The number of fused-ring (bicyclic) bond motifs is 3. The number of likely N-dealkylation sites (N-methyl/N-ethyl adjacent to an activating group) is 1. The lowest BCUT2D eigenvalue weighted by Crippen LogP contribution is -2.39. The molecule has 2 unspecified atom stereocenters. The Hall–Kier alpha value is -0.550. The first-order valence-corrected chi connectivity index (χ1v) is 8.32. The van der Waals surface area contributed by atoms with Gasteiger partial charge in [0, 0.05) is 29.2 Å². The van der Waals surface area contributed by atoms with E-state index >= 15 is 0 Å². The molecule has 2 heterocycles. The lowest BCUT2D eigenvalue weighted by Gasteiger charge is -2.30. The zero-order valence-electron chi connectivity index (χ0n) is 9.56. The van der Waals surface area contributed by atoms with Crippen LogP contribution in [0.25, 0.3) is 0 Å². The van der Waals surface area contributed by atoms with E-state index in [-0.39, 0.29) is 5.92 Å². The van der Waals surface area contributed by atoms with Gasteiger partial charge in [0.05, 0.1) is 11.5 Å². The smallest absolute Gasteiger partial charge is 0.151 e. The molecule has 0 aromatic heterocycles. The largest absolute Gasteiger partial charge is 0.371 e. The molecule has 0 saturated carbocycles. The monoisotopic (exact) mass is 315 g/mol. The predicted octanol–water partition coefficient (Wildman–Crippen LogP) is 2.17. The third-order valence-electron chi connectivity index (χ3n) is 3.89. The van der Waals surface area contributed by atoms with Crippen LogP contribution in [0.4, 0.5) is 5.69 Å². The lowest BCUT2D eigenvalue weighted by molar-refractivity contribution is 0.512. The Bertz CT molecular complexity index is 570. The van der Waals surface area contributed by atoms with Gasteiger partial charge in [-0.1, -0.05) is 15.9 Å². The predicted molar refractivity (Wildman–Crippen MR) is 72.3 cm³/mol. The van der Waals surface area contributed by atoms with Crippen molar-refractivity contribution in [3.8, 4) is 0 Å². The molecule has 1 saturated heterocycles. The first kappa shape index (κ1) is 11.5. The average molecular weight is 316 g/mol. The van der Waals surface area contributed by atoms with Crippen LogP contribution in [0.15, 0.2) is 22.7 Å². The SMILES string of the molecule is CN1c2ccc(Br)cc2C2CS(=O)(=O)CCC21. The summed E-state index contributed by atoms with van der Waals surface area (Å²) in [5, 5.41) is 0. The van der Waals surface area contributed by atoms with E-state index in [9.17, 15) is 8.42 Å². The highest BCUT2D eigenvalue weighted by Gasteiger charge is 2.42. The van der Waals surface area contributed by atoms with Gasteiger partial charge in [-0.15, -0.1) is 0 Å². The highest BCUT2D eigenvalue weighted by atomic mass is 79.9. The molecule has 2 aliphatic heterocycles. The zero-order chi connectivity index (χ0) is 12.2. The Morgan fingerprint density at radius 3 is 2.94 bits per heavy atom. The van der Waals surface area contributed by atoms with Crippen molar-refractivity contribution >= 4 is 31.5 Å². The van der Waals surface area contributed by atoms with Gasteiger partial charge in [0.25, 0.3) is 0 Å². The van der Waals surface area contributed by atoms with E-state index in [1.54, 1.807) is 0 Å². The van der Waals surface area contributed by atoms with Crippen LogP contribution in [-0.2, 0) is 9.84 Å². The molecule has 5 heteroatoms. The highest BCUT2D eigenvalue weighted by molar-refractivity contribution is 9.10. The molecule has 0 amide bonds. The van der Waals surface area contributed by atoms with Crippen molar-refractivity contribution < 1.29 is 8.42 Å². The molecule has 3 nitrogen and oxygen atoms in total. The Morgan fingerprint density at radius 1 is 1.41 bits per heavy atom. The average Bonchev–Trinajstić information content (AvgIpc) is 2.51. The minimum atomic E-state index is -2.86. The van der Waals surface area contributed by atoms with E-state index < -0.39 is 9.84 Å². The maximum Gasteiger partial charge on any atom is 0.151 e. The van der Waals surface area contributed by atoms with Gasteiger partial charge in [0.1, 0.15) is 0 Å². The van der Waals surface area contributed by atoms with Crippen LogP contribution in [0.1, 0.15) is 17.9 Å². The number of sulfone groups is 1. The fraction of sp³-hybridized carbons (Fsp3) is 0.500. The highest BCUT2D eigenvalue weighted by Crippen LogP contribution is 2.45. The minimum absolute atomic E-state index is 0.145. The maximum atomic E-state index is 11.8. The molecule has 92 valence electrons. The third kappa shape index (κ3) is 1.80. The van der Waals surface area contributed by atoms with Gasteiger partial charge in [-0.2, -0.15) is 0 Å². The number of anilines is 1. The van der Waals surface area contributed by atoms with Crippen LogP contribution in [0.3, 0.4) is 0 Å². The van der Waals surface area contributed by atoms with Gasteiger partial charge in [-0.25, -0.2) is 8.42 Å². The molecule has 0 aliphatic carbocycles. The summed E-state index contributed by atoms with van der Waals surface area (Å²) < 4.78 is 24.6. The topological polar surface area (TPSA) is 37.4 Å². The van der Waals surface area contributed by atoms with Gasteiger partial charge >= 0.3 is 0 Å². The van der Waals surface area contributed by atoms with E-state index in [4.69, 9.17) is 0 Å². The van der Waals surface area contributed by atoms with E-state index in [0.717, 1.165) is 10.9 Å². The molecule has 1 fully saturated rings. The quantitative estimate of drug-likeness (QED) is 0.736. The Kier molecular flexibility index (Phi) is 2.52. The molecule has 2 aliphatic rings. The summed E-state index contributed by atoms with van der Waals surface area (Å²) in [5.74, 6) is 0.769. The summed E-state index contributed by atoms with van der Waals surface area (Å²) in [4.78, 5) is 2.24. The molecular weight excluding hydrogens is 302 g/mol. The molecule has 0 spiro atoms. The van der Waals surface area contributed by atoms with E-state index in [1.165, 1.54) is 11.3 Å². The summed E-state index contributed by atoms with van der Waals surface area (Å²) in [6.45, 7) is 0. The lowest BCUT2D eigenvalue weighted by atomic mass is 9.95. The Balaban J connectivity index is 2.10. The Morgan fingerprint density at radius 2 is 2.18 bits per heavy atom. The number of rotatable bonds is 0. The van der Waals surface area contributed by atoms with E-state index in [2.05, 4.69) is 40.0 Å². The van der Waals surface area contributed by atoms with Gasteiger partial charge in [0.15, 0.2) is 9.84 Å². The third-order valence-corrected chi connectivity index (χ3v) is 6.11. The van der Waals surface area contributed by atoms with Crippen molar-refractivity contribution in [2.75, 3.05) is 23.5 Å². The Labute approximate surface area is 110 Å². The van der Waals surface area contributed by atoms with Crippen molar-refractivity contribution in [1.29, 1.82) is 0 Å². The van der Waals surface area contributed by atoms with Gasteiger partial charge in [0.2, 0.25) is 0 Å². The number of nitrogens with zero attached hydrogens (tertiary/aromatic N) is 1. The fourth-order valence-corrected chi connectivity index (χ4v) is 5.15. The summed E-state index contributed by atoms with van der Waals surface area (Å²) >= 11 is 3.46. The van der Waals surface area contributed by atoms with E-state index in [0.29, 0.717) is 17.5 Å². The van der Waals surface area contributed by atoms with Crippen LogP contribution in [0.2, 0.25) is 0 Å². The molecule has 3 rings (SSSR count). The van der Waals surface area contributed by atoms with Crippen LogP contribution in [0.5, 0.6) is 0 Å². The van der Waals surface area contributed by atoms with E-state index in [1.807, 2.05) is 6.07 Å². The second kappa shape index (κ2) is 3.72. The number of hydrogen-bond donors (Lipinski definition) is 0. The summed E-state index contributed by atoms with van der Waals surface area (Å²) in [7, 11) is -0.793. The number of halogens is 1. The first-order chi connectivity index (χ1) is 7.98. The molecule has 0 N–H and O–H groups in total. The van der Waals surface area contributed by atoms with Crippen molar-refractivity contribution in [3.05, 3.63) is 28.2 Å². The maximum absolute atomic E-state index is 11.8. The van der Waals surface area contributed by atoms with Crippen LogP contribution >= 0.6 is 15.9 Å². The van der Waals surface area contributed by atoms with Crippen molar-refractivity contribution in [3.63, 3.8) is 0 Å². The van der Waals surface area contributed by atoms with Crippen LogP contribution in [0, 0.1) is 0 Å². The second-order valence-electron chi connectivity index (χ2n) is 4.89. The van der Waals surface area contributed by atoms with Crippen LogP contribution in [-0.4, -0.2) is 33.0 Å². The zero-order valence-corrected chi connectivity index (χ0v) is 12.0. The summed E-state index contributed by atoms with van der Waals surface area (Å²) in [5.41, 5.74) is 2.36. The van der Waals surface area contributed by atoms with Gasteiger partial charge in [-0.3, -0.25) is 0 Å². The minimum Gasteiger partial charge on any atom is -0.371 e. The summed E-state index contributed by atoms with van der Waals surface area (Å²) in [6.07, 6.45) is 0.746. The van der Waals surface area contributed by atoms with Crippen molar-refractivity contribution in [2.24, 2.45) is 0 Å². The van der Waals surface area contributed by atoms with Gasteiger partial charge in [-0.05, 0) is 30.2 Å². The number of benzene rings is 1. The molecule has 1 aromatic carbocycles. The number of hydrogen-bond acceptors (Lipinski definition) is 3. The van der Waals surface area contributed by atoms with Crippen LogP contribution < -0.4 is 4.90 Å². The van der Waals surface area contributed by atoms with Gasteiger partial charge < -0.3 is 4.90 Å². The molecule has 2 atom stereocenters. The molecular formula is C12H14BrNO2S. The van der Waals surface area contributed by atoms with Crippen molar-refractivity contribution in [1.82, 2.24) is 0 Å². The second-order valence-corrected chi connectivity index (χ2v) is 8.04. The fourth-order valence-electron chi connectivity index (χ4n) is 3.05. The standard InChI is InChI=1S/C12H14BrNO2S/c1-14-11-3-2-8(13)6-9(11)10-7-17(15,16)5-4-12(10)14/h2-3,6,10,12H,4-5,7H2,1H3. The normalized spacial score (nSPS) is 29.9. The van der Waals surface area contributed by atoms with Crippen molar-refractivity contribution in [2.45, 2.75) is 18.4 Å². The molecule has 1 aromatic rings. The molecule has 0 bridgehead atoms. The molecule has 0 radical (unpaired) electrons. The molecule has 17 heavy (non-hydrogen) atoms.